The fourth-order valence-electron chi connectivity index (χ4n) is 6.01. The summed E-state index contributed by atoms with van der Waals surface area (Å²) in [6, 6.07) is 46.3. The van der Waals surface area contributed by atoms with Crippen LogP contribution in [0.2, 0.25) is 0 Å². The quantitative estimate of drug-likeness (QED) is 0.0789. The Morgan fingerprint density at radius 1 is 0.460 bits per heavy atom. The summed E-state index contributed by atoms with van der Waals surface area (Å²) in [6.07, 6.45) is 5.99. The highest BCUT2D eigenvalue weighted by Gasteiger charge is 2.15. The Labute approximate surface area is 296 Å². The second kappa shape index (κ2) is 15.4. The maximum absolute atomic E-state index is 5.93. The van der Waals surface area contributed by atoms with E-state index in [1.165, 1.54) is 22.3 Å². The van der Waals surface area contributed by atoms with E-state index in [0.29, 0.717) is 0 Å². The third-order valence-corrected chi connectivity index (χ3v) is 8.51. The molecule has 6 aromatic carbocycles. The van der Waals surface area contributed by atoms with E-state index in [0.717, 1.165) is 56.6 Å². The zero-order chi connectivity index (χ0) is 35.0. The van der Waals surface area contributed by atoms with Crippen molar-refractivity contribution in [2.24, 2.45) is 5.10 Å². The summed E-state index contributed by atoms with van der Waals surface area (Å²) in [6.45, 7) is 8.42. The average Bonchev–Trinajstić information content (AvgIpc) is 3.11. The monoisotopic (exact) mass is 657 g/mol. The molecule has 5 heteroatoms. The standard InChI is InChI=1S/C45H43N3O2/c1-32-11-7-15-39(25-32)47(40-16-8-12-33(2)26-40)41-24-23-38(45(30-41)50-6)22-21-37-20-19-36(29-44(37)49-5)31-46-48(42-17-9-13-34(3)27-42)43-18-10-14-35(4)28-43/h7-31H,1-6H3/b22-21+,46-31+. The second-order valence-corrected chi connectivity index (χ2v) is 12.5. The second-order valence-electron chi connectivity index (χ2n) is 12.5. The summed E-state index contributed by atoms with van der Waals surface area (Å²) >= 11 is 0. The maximum atomic E-state index is 5.93. The molecule has 0 aliphatic heterocycles. The van der Waals surface area contributed by atoms with Crippen LogP contribution in [0.1, 0.15) is 38.9 Å². The van der Waals surface area contributed by atoms with Gasteiger partial charge in [-0.15, -0.1) is 0 Å². The number of rotatable bonds is 11. The number of methoxy groups -OCH3 is 2. The Balaban J connectivity index is 1.28. The van der Waals surface area contributed by atoms with Crippen molar-refractivity contribution >= 4 is 46.8 Å². The Hall–Kier alpha value is -6.07. The van der Waals surface area contributed by atoms with Gasteiger partial charge >= 0.3 is 0 Å². The summed E-state index contributed by atoms with van der Waals surface area (Å²) in [5.41, 5.74) is 12.8. The topological polar surface area (TPSA) is 37.3 Å². The van der Waals surface area contributed by atoms with Gasteiger partial charge in [-0.1, -0.05) is 72.8 Å². The summed E-state index contributed by atoms with van der Waals surface area (Å²) in [5, 5.41) is 6.90. The van der Waals surface area contributed by atoms with E-state index in [9.17, 15) is 0 Å². The minimum Gasteiger partial charge on any atom is -0.496 e. The van der Waals surface area contributed by atoms with E-state index in [-0.39, 0.29) is 0 Å². The zero-order valence-corrected chi connectivity index (χ0v) is 29.6. The summed E-state index contributed by atoms with van der Waals surface area (Å²) in [5.74, 6) is 1.53. The molecule has 0 unspecified atom stereocenters. The third kappa shape index (κ3) is 7.96. The fraction of sp³-hybridized carbons (Fsp3) is 0.133. The highest BCUT2D eigenvalue weighted by molar-refractivity contribution is 5.85. The fourth-order valence-corrected chi connectivity index (χ4v) is 6.01. The van der Waals surface area contributed by atoms with Gasteiger partial charge in [-0.3, -0.25) is 0 Å². The SMILES string of the molecule is COc1cc(/C=N/N(c2cccc(C)c2)c2cccc(C)c2)ccc1/C=C/c1ccc(N(c2cccc(C)c2)c2cccc(C)c2)cc1OC. The Bertz CT molecular complexity index is 2080. The van der Waals surface area contributed by atoms with Crippen molar-refractivity contribution in [3.05, 3.63) is 172 Å². The number of hydrogen-bond donors (Lipinski definition) is 0. The van der Waals surface area contributed by atoms with Crippen LogP contribution in [0.25, 0.3) is 12.2 Å². The van der Waals surface area contributed by atoms with Crippen LogP contribution in [0.15, 0.2) is 139 Å². The Kier molecular flexibility index (Phi) is 10.4. The highest BCUT2D eigenvalue weighted by Crippen LogP contribution is 2.38. The zero-order valence-electron chi connectivity index (χ0n) is 29.6. The van der Waals surface area contributed by atoms with Gasteiger partial charge in [0.2, 0.25) is 0 Å². The molecule has 0 aliphatic carbocycles. The molecule has 6 aromatic rings. The highest BCUT2D eigenvalue weighted by atomic mass is 16.5. The first kappa shape index (κ1) is 33.8. The minimum absolute atomic E-state index is 0.753. The van der Waals surface area contributed by atoms with Gasteiger partial charge in [0, 0.05) is 34.3 Å². The van der Waals surface area contributed by atoms with Crippen molar-refractivity contribution in [1.82, 2.24) is 0 Å². The number of aryl methyl sites for hydroxylation is 4. The van der Waals surface area contributed by atoms with Crippen molar-refractivity contribution < 1.29 is 9.47 Å². The number of ether oxygens (including phenoxy) is 2. The molecule has 0 aromatic heterocycles. The molecule has 5 nitrogen and oxygen atoms in total. The lowest BCUT2D eigenvalue weighted by molar-refractivity contribution is 0.413. The lowest BCUT2D eigenvalue weighted by Crippen LogP contribution is -2.10. The summed E-state index contributed by atoms with van der Waals surface area (Å²) in [7, 11) is 3.41. The molecular formula is C45H43N3O2. The van der Waals surface area contributed by atoms with Gasteiger partial charge in [-0.2, -0.15) is 5.10 Å². The van der Waals surface area contributed by atoms with E-state index in [1.54, 1.807) is 14.2 Å². The molecule has 0 saturated carbocycles. The van der Waals surface area contributed by atoms with Gasteiger partial charge in [0.1, 0.15) is 11.5 Å². The van der Waals surface area contributed by atoms with Crippen LogP contribution in [-0.4, -0.2) is 20.4 Å². The molecule has 0 heterocycles. The van der Waals surface area contributed by atoms with Crippen molar-refractivity contribution in [3.8, 4) is 11.5 Å². The Morgan fingerprint density at radius 3 is 1.36 bits per heavy atom. The lowest BCUT2D eigenvalue weighted by atomic mass is 10.1. The molecule has 6 rings (SSSR count). The molecular weight excluding hydrogens is 615 g/mol. The van der Waals surface area contributed by atoms with Crippen LogP contribution in [-0.2, 0) is 0 Å². The van der Waals surface area contributed by atoms with Gasteiger partial charge < -0.3 is 14.4 Å². The molecule has 0 saturated heterocycles. The van der Waals surface area contributed by atoms with Crippen LogP contribution in [0.5, 0.6) is 11.5 Å². The normalized spacial score (nSPS) is 11.2. The average molecular weight is 658 g/mol. The molecule has 0 fully saturated rings. The van der Waals surface area contributed by atoms with Crippen LogP contribution < -0.4 is 19.4 Å². The maximum Gasteiger partial charge on any atom is 0.128 e. The van der Waals surface area contributed by atoms with Crippen molar-refractivity contribution in [1.29, 1.82) is 0 Å². The number of nitrogens with zero attached hydrogens (tertiary/aromatic N) is 3. The molecule has 0 radical (unpaired) electrons. The van der Waals surface area contributed by atoms with Gasteiger partial charge in [-0.25, -0.2) is 5.01 Å². The molecule has 0 aliphatic rings. The summed E-state index contributed by atoms with van der Waals surface area (Å²) in [4.78, 5) is 2.26. The Morgan fingerprint density at radius 2 is 0.880 bits per heavy atom. The van der Waals surface area contributed by atoms with Gasteiger partial charge in [0.15, 0.2) is 0 Å². The van der Waals surface area contributed by atoms with E-state index in [4.69, 9.17) is 14.6 Å². The number of hydrogen-bond acceptors (Lipinski definition) is 5. The molecule has 0 amide bonds. The first-order valence-corrected chi connectivity index (χ1v) is 16.8. The molecule has 0 bridgehead atoms. The number of hydrazone groups is 1. The third-order valence-electron chi connectivity index (χ3n) is 8.51. The largest absolute Gasteiger partial charge is 0.496 e. The van der Waals surface area contributed by atoms with Gasteiger partial charge in [-0.05, 0) is 122 Å². The molecule has 0 atom stereocenters. The van der Waals surface area contributed by atoms with Crippen LogP contribution >= 0.6 is 0 Å². The lowest BCUT2D eigenvalue weighted by Gasteiger charge is -2.26. The minimum atomic E-state index is 0.753. The molecule has 50 heavy (non-hydrogen) atoms. The number of benzene rings is 6. The van der Waals surface area contributed by atoms with Gasteiger partial charge in [0.05, 0.1) is 31.8 Å². The van der Waals surface area contributed by atoms with E-state index < -0.39 is 0 Å². The van der Waals surface area contributed by atoms with Crippen LogP contribution in [0, 0.1) is 27.7 Å². The summed E-state index contributed by atoms with van der Waals surface area (Å²) < 4.78 is 11.8. The predicted octanol–water partition coefficient (Wildman–Crippen LogP) is 11.7. The molecule has 0 N–H and O–H groups in total. The smallest absolute Gasteiger partial charge is 0.128 e. The van der Waals surface area contributed by atoms with E-state index in [1.807, 2.05) is 17.3 Å². The first-order valence-electron chi connectivity index (χ1n) is 16.8. The van der Waals surface area contributed by atoms with Crippen LogP contribution in [0.3, 0.4) is 0 Å². The number of anilines is 5. The molecule has 250 valence electrons. The van der Waals surface area contributed by atoms with Crippen LogP contribution in [0.4, 0.5) is 28.4 Å². The molecule has 0 spiro atoms. The van der Waals surface area contributed by atoms with Crippen molar-refractivity contribution in [3.63, 3.8) is 0 Å². The van der Waals surface area contributed by atoms with E-state index >= 15 is 0 Å². The van der Waals surface area contributed by atoms with E-state index in [2.05, 4.69) is 172 Å². The first-order chi connectivity index (χ1) is 24.3. The van der Waals surface area contributed by atoms with Crippen molar-refractivity contribution in [2.75, 3.05) is 24.1 Å². The predicted molar refractivity (Wildman–Crippen MR) is 211 cm³/mol. The van der Waals surface area contributed by atoms with Gasteiger partial charge in [0.25, 0.3) is 0 Å². The van der Waals surface area contributed by atoms with Crippen molar-refractivity contribution in [2.45, 2.75) is 27.7 Å².